The molecule has 140 valence electrons. The second-order valence-electron chi connectivity index (χ2n) is 5.39. The van der Waals surface area contributed by atoms with Crippen molar-refractivity contribution in [2.75, 3.05) is 16.8 Å². The van der Waals surface area contributed by atoms with Gasteiger partial charge in [0.15, 0.2) is 5.16 Å². The zero-order valence-corrected chi connectivity index (χ0v) is 14.6. The van der Waals surface area contributed by atoms with Crippen molar-refractivity contribution in [3.63, 3.8) is 0 Å². The largest absolute Gasteiger partial charge is 0.418 e. The summed E-state index contributed by atoms with van der Waals surface area (Å²) < 4.78 is 40.6. The van der Waals surface area contributed by atoms with E-state index in [4.69, 9.17) is 5.73 Å². The van der Waals surface area contributed by atoms with Crippen LogP contribution in [0.25, 0.3) is 5.69 Å². The van der Waals surface area contributed by atoms with Crippen LogP contribution in [0.3, 0.4) is 0 Å². The molecule has 27 heavy (non-hydrogen) atoms. The molecule has 0 radical (unpaired) electrons. The SMILES string of the molecule is Nc1nnc(SCC(=O)Nc2ccccc2C(F)(F)F)n1-c1ccccc1. The van der Waals surface area contributed by atoms with Crippen LogP contribution in [0.1, 0.15) is 5.56 Å². The number of alkyl halides is 3. The van der Waals surface area contributed by atoms with Crippen LogP contribution in [0, 0.1) is 0 Å². The minimum Gasteiger partial charge on any atom is -0.368 e. The van der Waals surface area contributed by atoms with E-state index in [1.807, 2.05) is 18.2 Å². The molecule has 6 nitrogen and oxygen atoms in total. The average molecular weight is 393 g/mol. The molecule has 0 fully saturated rings. The lowest BCUT2D eigenvalue weighted by Crippen LogP contribution is -2.18. The number of aromatic nitrogens is 3. The van der Waals surface area contributed by atoms with Crippen molar-refractivity contribution in [3.05, 3.63) is 60.2 Å². The smallest absolute Gasteiger partial charge is 0.368 e. The Bertz CT molecular complexity index is 943. The second-order valence-corrected chi connectivity index (χ2v) is 6.33. The molecule has 3 aromatic rings. The molecular formula is C17H14F3N5OS. The normalized spacial score (nSPS) is 11.4. The topological polar surface area (TPSA) is 85.8 Å². The number of nitrogens with two attached hydrogens (primary N) is 1. The van der Waals surface area contributed by atoms with Gasteiger partial charge in [0, 0.05) is 0 Å². The molecule has 1 aromatic heterocycles. The van der Waals surface area contributed by atoms with Crippen LogP contribution in [-0.2, 0) is 11.0 Å². The fourth-order valence-corrected chi connectivity index (χ4v) is 3.11. The zero-order valence-electron chi connectivity index (χ0n) is 13.8. The molecule has 2 aromatic carbocycles. The molecule has 0 saturated carbocycles. The first kappa shape index (κ1) is 18.8. The molecule has 1 amide bonds. The van der Waals surface area contributed by atoms with Crippen LogP contribution in [0.2, 0.25) is 0 Å². The predicted octanol–water partition coefficient (Wildman–Crippen LogP) is 3.60. The quantitative estimate of drug-likeness (QED) is 0.647. The van der Waals surface area contributed by atoms with Gasteiger partial charge in [-0.3, -0.25) is 9.36 Å². The average Bonchev–Trinajstić information content (AvgIpc) is 3.01. The molecule has 0 aliphatic rings. The fraction of sp³-hybridized carbons (Fsp3) is 0.118. The van der Waals surface area contributed by atoms with E-state index >= 15 is 0 Å². The first-order chi connectivity index (χ1) is 12.9. The molecule has 3 N–H and O–H groups in total. The van der Waals surface area contributed by atoms with Crippen molar-refractivity contribution in [1.82, 2.24) is 14.8 Å². The van der Waals surface area contributed by atoms with Gasteiger partial charge < -0.3 is 11.1 Å². The summed E-state index contributed by atoms with van der Waals surface area (Å²) in [6.07, 6.45) is -4.56. The summed E-state index contributed by atoms with van der Waals surface area (Å²) in [5.41, 5.74) is 5.34. The molecule has 0 unspecified atom stereocenters. The molecule has 3 rings (SSSR count). The summed E-state index contributed by atoms with van der Waals surface area (Å²) in [5.74, 6) is -0.610. The van der Waals surface area contributed by atoms with E-state index in [2.05, 4.69) is 15.5 Å². The maximum atomic E-state index is 13.0. The monoisotopic (exact) mass is 393 g/mol. The van der Waals surface area contributed by atoms with E-state index in [-0.39, 0.29) is 17.4 Å². The number of carbonyl (C=O) groups is 1. The number of nitrogens with zero attached hydrogens (tertiary/aromatic N) is 3. The summed E-state index contributed by atoms with van der Waals surface area (Å²) in [4.78, 5) is 12.1. The van der Waals surface area contributed by atoms with Crippen LogP contribution in [-0.4, -0.2) is 26.4 Å². The number of benzene rings is 2. The highest BCUT2D eigenvalue weighted by Crippen LogP contribution is 2.34. The number of hydrogen-bond acceptors (Lipinski definition) is 5. The van der Waals surface area contributed by atoms with Gasteiger partial charge in [-0.1, -0.05) is 42.1 Å². The van der Waals surface area contributed by atoms with Gasteiger partial charge in [0.1, 0.15) is 0 Å². The number of nitrogens with one attached hydrogen (secondary N) is 1. The summed E-state index contributed by atoms with van der Waals surface area (Å²) in [6, 6.07) is 13.8. The van der Waals surface area contributed by atoms with Crippen LogP contribution in [0.5, 0.6) is 0 Å². The minimum atomic E-state index is -4.56. The number of hydrogen-bond donors (Lipinski definition) is 2. The molecule has 0 atom stereocenters. The van der Waals surface area contributed by atoms with Gasteiger partial charge in [-0.25, -0.2) is 0 Å². The Kier molecular flexibility index (Phi) is 5.36. The van der Waals surface area contributed by atoms with Gasteiger partial charge in [-0.05, 0) is 24.3 Å². The highest BCUT2D eigenvalue weighted by Gasteiger charge is 2.33. The molecule has 0 aliphatic carbocycles. The standard InChI is InChI=1S/C17H14F3N5OS/c18-17(19,20)12-8-4-5-9-13(12)22-14(26)10-27-16-24-23-15(21)25(16)11-6-2-1-3-7-11/h1-9H,10H2,(H2,21,23)(H,22,26). The van der Waals surface area contributed by atoms with Crippen molar-refractivity contribution in [2.24, 2.45) is 0 Å². The van der Waals surface area contributed by atoms with Crippen molar-refractivity contribution < 1.29 is 18.0 Å². The van der Waals surface area contributed by atoms with Gasteiger partial charge in [0.05, 0.1) is 22.7 Å². The highest BCUT2D eigenvalue weighted by atomic mass is 32.2. The Morgan fingerprint density at radius 2 is 1.74 bits per heavy atom. The van der Waals surface area contributed by atoms with Gasteiger partial charge in [0.2, 0.25) is 11.9 Å². The fourth-order valence-electron chi connectivity index (χ4n) is 2.35. The zero-order chi connectivity index (χ0) is 19.4. The van der Waals surface area contributed by atoms with E-state index in [1.54, 1.807) is 16.7 Å². The third kappa shape index (κ3) is 4.40. The van der Waals surface area contributed by atoms with Crippen molar-refractivity contribution in [1.29, 1.82) is 0 Å². The van der Waals surface area contributed by atoms with E-state index in [0.29, 0.717) is 10.8 Å². The van der Waals surface area contributed by atoms with E-state index < -0.39 is 17.6 Å². The van der Waals surface area contributed by atoms with E-state index in [0.717, 1.165) is 17.8 Å². The Labute approximate surface area is 156 Å². The molecule has 0 saturated heterocycles. The Hall–Kier alpha value is -3.01. The van der Waals surface area contributed by atoms with Crippen molar-refractivity contribution in [2.45, 2.75) is 11.3 Å². The molecule has 0 bridgehead atoms. The van der Waals surface area contributed by atoms with Gasteiger partial charge >= 0.3 is 6.18 Å². The number of thioether (sulfide) groups is 1. The molecule has 0 spiro atoms. The van der Waals surface area contributed by atoms with Crippen molar-refractivity contribution >= 4 is 29.3 Å². The molecule has 10 heteroatoms. The molecule has 0 aliphatic heterocycles. The summed E-state index contributed by atoms with van der Waals surface area (Å²) in [7, 11) is 0. The lowest BCUT2D eigenvalue weighted by molar-refractivity contribution is -0.137. The lowest BCUT2D eigenvalue weighted by Gasteiger charge is -2.13. The van der Waals surface area contributed by atoms with Crippen LogP contribution < -0.4 is 11.1 Å². The van der Waals surface area contributed by atoms with E-state index in [1.165, 1.54) is 18.2 Å². The first-order valence-electron chi connectivity index (χ1n) is 7.71. The number of carbonyl (C=O) groups excluding carboxylic acids is 1. The Morgan fingerprint density at radius 1 is 1.07 bits per heavy atom. The number of para-hydroxylation sites is 2. The van der Waals surface area contributed by atoms with Gasteiger partial charge in [0.25, 0.3) is 0 Å². The van der Waals surface area contributed by atoms with E-state index in [9.17, 15) is 18.0 Å². The van der Waals surface area contributed by atoms with Crippen LogP contribution in [0.15, 0.2) is 59.8 Å². The number of halogens is 3. The molecular weight excluding hydrogens is 379 g/mol. The van der Waals surface area contributed by atoms with Crippen LogP contribution >= 0.6 is 11.8 Å². The maximum absolute atomic E-state index is 13.0. The number of rotatable bonds is 5. The third-order valence-corrected chi connectivity index (χ3v) is 4.44. The molecule has 1 heterocycles. The lowest BCUT2D eigenvalue weighted by atomic mass is 10.1. The predicted molar refractivity (Wildman–Crippen MR) is 96.6 cm³/mol. The summed E-state index contributed by atoms with van der Waals surface area (Å²) in [6.45, 7) is 0. The van der Waals surface area contributed by atoms with Crippen molar-refractivity contribution in [3.8, 4) is 5.69 Å². The second kappa shape index (κ2) is 7.70. The number of amides is 1. The first-order valence-corrected chi connectivity index (χ1v) is 8.70. The van der Waals surface area contributed by atoms with Crippen LogP contribution in [0.4, 0.5) is 24.8 Å². The third-order valence-electron chi connectivity index (χ3n) is 3.51. The number of nitrogen functional groups attached to an aromatic ring is 1. The summed E-state index contributed by atoms with van der Waals surface area (Å²) in [5, 5.41) is 10.4. The maximum Gasteiger partial charge on any atom is 0.418 e. The summed E-state index contributed by atoms with van der Waals surface area (Å²) >= 11 is 1.02. The Balaban J connectivity index is 1.72. The minimum absolute atomic E-state index is 0.145. The Morgan fingerprint density at radius 3 is 2.44 bits per heavy atom. The highest BCUT2D eigenvalue weighted by molar-refractivity contribution is 7.99. The van der Waals surface area contributed by atoms with Gasteiger partial charge in [-0.2, -0.15) is 13.2 Å². The number of anilines is 2. The van der Waals surface area contributed by atoms with Gasteiger partial charge in [-0.15, -0.1) is 10.2 Å².